The van der Waals surface area contributed by atoms with Crippen molar-refractivity contribution in [1.29, 1.82) is 0 Å². The molecule has 1 aliphatic heterocycles. The van der Waals surface area contributed by atoms with E-state index in [0.717, 1.165) is 54.0 Å². The summed E-state index contributed by atoms with van der Waals surface area (Å²) in [4.78, 5) is 18.6. The van der Waals surface area contributed by atoms with E-state index in [1.165, 1.54) is 0 Å². The second-order valence-corrected chi connectivity index (χ2v) is 7.03. The van der Waals surface area contributed by atoms with Crippen LogP contribution in [0.15, 0.2) is 35.3 Å². The molecule has 4 heterocycles. The monoisotopic (exact) mass is 364 g/mol. The molecule has 5 rings (SSSR count). The molecule has 3 aromatic heterocycles. The second-order valence-electron chi connectivity index (χ2n) is 7.03. The minimum Gasteiger partial charge on any atom is -0.490 e. The molecule has 0 spiro atoms. The number of nitrogens with zero attached hydrogens (tertiary/aromatic N) is 3. The van der Waals surface area contributed by atoms with Gasteiger partial charge < -0.3 is 9.64 Å². The first kappa shape index (κ1) is 15.9. The maximum Gasteiger partial charge on any atom is 0.273 e. The minimum atomic E-state index is -0.131. The standard InChI is InChI=1S/C19H20N6O2/c1-11-8-15-17(23-24-19(15)26)21-18(11)25-6-4-13(5-7-25)27-14-3-2-12-10-20-22-16(12)9-14/h2-3,8-10,13H,4-7H2,1H3,(H,20,22)(H2,21,23,24,26). The summed E-state index contributed by atoms with van der Waals surface area (Å²) in [5.41, 5.74) is 2.47. The van der Waals surface area contributed by atoms with Crippen molar-refractivity contribution in [2.45, 2.75) is 25.9 Å². The van der Waals surface area contributed by atoms with Gasteiger partial charge >= 0.3 is 0 Å². The van der Waals surface area contributed by atoms with Crippen molar-refractivity contribution in [2.24, 2.45) is 0 Å². The zero-order valence-electron chi connectivity index (χ0n) is 15.0. The van der Waals surface area contributed by atoms with Gasteiger partial charge in [-0.1, -0.05) is 0 Å². The van der Waals surface area contributed by atoms with Crippen molar-refractivity contribution < 1.29 is 4.74 Å². The summed E-state index contributed by atoms with van der Waals surface area (Å²) in [5, 5.41) is 14.1. The molecule has 0 amide bonds. The number of ether oxygens (including phenoxy) is 1. The summed E-state index contributed by atoms with van der Waals surface area (Å²) in [6, 6.07) is 7.90. The molecule has 0 aliphatic carbocycles. The third-order valence-corrected chi connectivity index (χ3v) is 5.18. The van der Waals surface area contributed by atoms with Gasteiger partial charge in [-0.15, -0.1) is 0 Å². The summed E-state index contributed by atoms with van der Waals surface area (Å²) in [5.74, 6) is 1.79. The lowest BCUT2D eigenvalue weighted by atomic mass is 10.1. The van der Waals surface area contributed by atoms with Crippen molar-refractivity contribution in [3.05, 3.63) is 46.4 Å². The summed E-state index contributed by atoms with van der Waals surface area (Å²) in [7, 11) is 0. The SMILES string of the molecule is Cc1cc2c(=O)[nH][nH]c2nc1N1CCC(Oc2ccc3cn[nH]c3c2)CC1. The lowest BCUT2D eigenvalue weighted by Crippen LogP contribution is -2.39. The van der Waals surface area contributed by atoms with Gasteiger partial charge in [0.15, 0.2) is 5.65 Å². The van der Waals surface area contributed by atoms with Gasteiger partial charge in [0, 0.05) is 37.4 Å². The Kier molecular flexibility index (Phi) is 3.63. The number of benzene rings is 1. The van der Waals surface area contributed by atoms with Crippen LogP contribution in [0.5, 0.6) is 5.75 Å². The fourth-order valence-electron chi connectivity index (χ4n) is 3.74. The predicted octanol–water partition coefficient (Wildman–Crippen LogP) is 2.48. The molecule has 27 heavy (non-hydrogen) atoms. The maximum absolute atomic E-state index is 11.7. The number of hydrogen-bond acceptors (Lipinski definition) is 5. The number of rotatable bonds is 3. The maximum atomic E-state index is 11.7. The highest BCUT2D eigenvalue weighted by Crippen LogP contribution is 2.26. The molecular weight excluding hydrogens is 344 g/mol. The van der Waals surface area contributed by atoms with Gasteiger partial charge in [0.1, 0.15) is 17.7 Å². The van der Waals surface area contributed by atoms with E-state index in [9.17, 15) is 4.79 Å². The Labute approximate surface area is 154 Å². The molecule has 0 atom stereocenters. The summed E-state index contributed by atoms with van der Waals surface area (Å²) >= 11 is 0. The second kappa shape index (κ2) is 6.15. The Balaban J connectivity index is 1.29. The van der Waals surface area contributed by atoms with Gasteiger partial charge in [-0.25, -0.2) is 4.98 Å². The van der Waals surface area contributed by atoms with Crippen molar-refractivity contribution in [2.75, 3.05) is 18.0 Å². The minimum absolute atomic E-state index is 0.131. The van der Waals surface area contributed by atoms with Crippen LogP contribution in [0.1, 0.15) is 18.4 Å². The molecular formula is C19H20N6O2. The number of fused-ring (bicyclic) bond motifs is 2. The number of anilines is 1. The van der Waals surface area contributed by atoms with Gasteiger partial charge in [0.25, 0.3) is 5.56 Å². The molecule has 3 N–H and O–H groups in total. The number of aromatic nitrogens is 5. The normalized spacial score (nSPS) is 15.7. The van der Waals surface area contributed by atoms with E-state index >= 15 is 0 Å². The van der Waals surface area contributed by atoms with Crippen LogP contribution in [-0.4, -0.2) is 44.6 Å². The number of nitrogens with one attached hydrogen (secondary N) is 3. The molecule has 4 aromatic rings. The van der Waals surface area contributed by atoms with Gasteiger partial charge in [-0.2, -0.15) is 5.10 Å². The highest BCUT2D eigenvalue weighted by molar-refractivity contribution is 5.79. The Morgan fingerprint density at radius 1 is 1.19 bits per heavy atom. The molecule has 0 unspecified atom stereocenters. The van der Waals surface area contributed by atoms with E-state index in [1.54, 1.807) is 0 Å². The van der Waals surface area contributed by atoms with Crippen LogP contribution in [0.3, 0.4) is 0 Å². The van der Waals surface area contributed by atoms with Gasteiger partial charge in [0.2, 0.25) is 0 Å². The molecule has 138 valence electrons. The van der Waals surface area contributed by atoms with Crippen LogP contribution >= 0.6 is 0 Å². The van der Waals surface area contributed by atoms with Crippen LogP contribution in [-0.2, 0) is 0 Å². The number of aryl methyl sites for hydroxylation is 1. The average Bonchev–Trinajstić information content (AvgIpc) is 3.28. The van der Waals surface area contributed by atoms with Crippen molar-refractivity contribution in [3.63, 3.8) is 0 Å². The van der Waals surface area contributed by atoms with Crippen LogP contribution in [0.25, 0.3) is 21.9 Å². The smallest absolute Gasteiger partial charge is 0.273 e. The number of piperidine rings is 1. The van der Waals surface area contributed by atoms with Crippen molar-refractivity contribution in [1.82, 2.24) is 25.4 Å². The summed E-state index contributed by atoms with van der Waals surface area (Å²) in [6.45, 7) is 3.73. The van der Waals surface area contributed by atoms with Gasteiger partial charge in [0.05, 0.1) is 17.1 Å². The molecule has 1 aliphatic rings. The summed E-state index contributed by atoms with van der Waals surface area (Å²) in [6.07, 6.45) is 3.83. The first-order chi connectivity index (χ1) is 13.2. The fraction of sp³-hybridized carbons (Fsp3) is 0.316. The Bertz CT molecular complexity index is 1170. The number of aromatic amines is 3. The summed E-state index contributed by atoms with van der Waals surface area (Å²) < 4.78 is 6.17. The Morgan fingerprint density at radius 2 is 2.04 bits per heavy atom. The Morgan fingerprint density at radius 3 is 2.89 bits per heavy atom. The first-order valence-electron chi connectivity index (χ1n) is 9.10. The van der Waals surface area contributed by atoms with Crippen LogP contribution in [0.4, 0.5) is 5.82 Å². The number of pyridine rings is 1. The first-order valence-corrected chi connectivity index (χ1v) is 9.10. The van der Waals surface area contributed by atoms with E-state index in [4.69, 9.17) is 4.74 Å². The van der Waals surface area contributed by atoms with Crippen LogP contribution in [0, 0.1) is 6.92 Å². The zero-order valence-corrected chi connectivity index (χ0v) is 15.0. The van der Waals surface area contributed by atoms with E-state index in [2.05, 4.69) is 30.3 Å². The van der Waals surface area contributed by atoms with Crippen molar-refractivity contribution >= 4 is 27.8 Å². The molecule has 1 saturated heterocycles. The number of H-pyrrole nitrogens is 3. The molecule has 0 radical (unpaired) electrons. The quantitative estimate of drug-likeness (QED) is 0.518. The molecule has 0 bridgehead atoms. The molecule has 1 fully saturated rings. The third-order valence-electron chi connectivity index (χ3n) is 5.18. The van der Waals surface area contributed by atoms with Gasteiger partial charge in [-0.05, 0) is 30.7 Å². The van der Waals surface area contributed by atoms with Crippen LogP contribution < -0.4 is 15.2 Å². The predicted molar refractivity (Wildman–Crippen MR) is 103 cm³/mol. The van der Waals surface area contributed by atoms with E-state index in [0.29, 0.717) is 11.0 Å². The molecule has 0 saturated carbocycles. The van der Waals surface area contributed by atoms with E-state index in [1.807, 2.05) is 37.4 Å². The van der Waals surface area contributed by atoms with Crippen molar-refractivity contribution in [3.8, 4) is 5.75 Å². The lowest BCUT2D eigenvalue weighted by Gasteiger charge is -2.33. The largest absolute Gasteiger partial charge is 0.490 e. The van der Waals surface area contributed by atoms with Gasteiger partial charge in [-0.3, -0.25) is 20.1 Å². The zero-order chi connectivity index (χ0) is 18.4. The number of hydrogen-bond donors (Lipinski definition) is 3. The Hall–Kier alpha value is -3.29. The molecule has 8 heteroatoms. The molecule has 8 nitrogen and oxygen atoms in total. The third kappa shape index (κ3) is 2.83. The lowest BCUT2D eigenvalue weighted by molar-refractivity contribution is 0.171. The topological polar surface area (TPSA) is 103 Å². The highest BCUT2D eigenvalue weighted by atomic mass is 16.5. The molecule has 1 aromatic carbocycles. The van der Waals surface area contributed by atoms with E-state index in [-0.39, 0.29) is 11.7 Å². The van der Waals surface area contributed by atoms with E-state index < -0.39 is 0 Å². The van der Waals surface area contributed by atoms with Crippen LogP contribution in [0.2, 0.25) is 0 Å². The highest BCUT2D eigenvalue weighted by Gasteiger charge is 2.23. The fourth-order valence-corrected chi connectivity index (χ4v) is 3.74. The average molecular weight is 364 g/mol.